The van der Waals surface area contributed by atoms with Gasteiger partial charge in [-0.1, -0.05) is 0 Å². The van der Waals surface area contributed by atoms with Crippen molar-refractivity contribution in [1.82, 2.24) is 9.71 Å². The minimum Gasteiger partial charge on any atom is -0.381 e. The zero-order chi connectivity index (χ0) is 13.2. The zero-order valence-corrected chi connectivity index (χ0v) is 10.9. The molecule has 0 spiro atoms. The smallest absolute Gasteiger partial charge is 0.247 e. The highest BCUT2D eigenvalue weighted by Gasteiger charge is 2.28. The molecule has 1 aromatic heterocycles. The van der Waals surface area contributed by atoms with Crippen molar-refractivity contribution in [2.75, 3.05) is 7.11 Å². The summed E-state index contributed by atoms with van der Waals surface area (Å²) in [5, 5.41) is 0. The molecule has 2 N–H and O–H groups in total. The van der Waals surface area contributed by atoms with E-state index in [1.54, 1.807) is 7.11 Å². The van der Waals surface area contributed by atoms with E-state index in [1.807, 2.05) is 0 Å². The monoisotopic (exact) mass is 272 g/mol. The van der Waals surface area contributed by atoms with Crippen molar-refractivity contribution in [2.45, 2.75) is 36.3 Å². The summed E-state index contributed by atoms with van der Waals surface area (Å²) in [5.41, 5.74) is -0.325. The molecule has 0 bridgehead atoms. The van der Waals surface area contributed by atoms with Gasteiger partial charge in [-0.2, -0.15) is 0 Å². The Kier molecular flexibility index (Phi) is 3.84. The lowest BCUT2D eigenvalue weighted by molar-refractivity contribution is 0.107. The van der Waals surface area contributed by atoms with Gasteiger partial charge in [-0.05, 0) is 25.3 Å². The molecule has 100 valence electrons. The van der Waals surface area contributed by atoms with E-state index in [1.165, 1.54) is 18.3 Å². The van der Waals surface area contributed by atoms with Gasteiger partial charge in [-0.25, -0.2) is 13.1 Å². The van der Waals surface area contributed by atoms with Gasteiger partial charge >= 0.3 is 0 Å². The molecule has 6 nitrogen and oxygen atoms in total. The van der Waals surface area contributed by atoms with Gasteiger partial charge in [0.1, 0.15) is 0 Å². The number of ether oxygens (including phenoxy) is 1. The van der Waals surface area contributed by atoms with Gasteiger partial charge in [0, 0.05) is 25.4 Å². The summed E-state index contributed by atoms with van der Waals surface area (Å²) >= 11 is 0. The van der Waals surface area contributed by atoms with E-state index in [-0.39, 0.29) is 22.6 Å². The SMILES string of the molecule is COC1CCC(NS(=O)(=O)c2ccc(=O)[nH]c2)C1. The molecule has 1 aliphatic rings. The van der Waals surface area contributed by atoms with Crippen LogP contribution in [0, 0.1) is 0 Å². The number of hydrogen-bond acceptors (Lipinski definition) is 4. The molecule has 2 rings (SSSR count). The molecule has 1 aliphatic carbocycles. The van der Waals surface area contributed by atoms with Crippen molar-refractivity contribution < 1.29 is 13.2 Å². The van der Waals surface area contributed by atoms with Gasteiger partial charge in [0.25, 0.3) is 0 Å². The third-order valence-electron chi connectivity index (χ3n) is 3.11. The van der Waals surface area contributed by atoms with Crippen molar-refractivity contribution in [1.29, 1.82) is 0 Å². The Morgan fingerprint density at radius 2 is 2.17 bits per heavy atom. The predicted octanol–water partition coefficient (Wildman–Crippen LogP) is 0.221. The molecule has 18 heavy (non-hydrogen) atoms. The fraction of sp³-hybridized carbons (Fsp3) is 0.545. The summed E-state index contributed by atoms with van der Waals surface area (Å²) in [5.74, 6) is 0. The maximum Gasteiger partial charge on any atom is 0.247 e. The van der Waals surface area contributed by atoms with E-state index in [2.05, 4.69) is 9.71 Å². The average molecular weight is 272 g/mol. The van der Waals surface area contributed by atoms with Crippen LogP contribution in [0.15, 0.2) is 28.0 Å². The molecule has 7 heteroatoms. The number of sulfonamides is 1. The standard InChI is InChI=1S/C11H16N2O4S/c1-17-9-3-2-8(6-9)13-18(15,16)10-4-5-11(14)12-7-10/h4-5,7-9,13H,2-3,6H2,1H3,(H,12,14). The van der Waals surface area contributed by atoms with Crippen LogP contribution in [0.3, 0.4) is 0 Å². The maximum atomic E-state index is 12.0. The van der Waals surface area contributed by atoms with E-state index in [4.69, 9.17) is 4.74 Å². The lowest BCUT2D eigenvalue weighted by Crippen LogP contribution is -2.33. The van der Waals surface area contributed by atoms with Gasteiger partial charge in [0.2, 0.25) is 15.6 Å². The van der Waals surface area contributed by atoms with Gasteiger partial charge in [0.15, 0.2) is 0 Å². The highest BCUT2D eigenvalue weighted by molar-refractivity contribution is 7.89. The number of H-pyrrole nitrogens is 1. The maximum absolute atomic E-state index is 12.0. The molecule has 2 atom stereocenters. The molecule has 0 aromatic carbocycles. The van der Waals surface area contributed by atoms with Crippen LogP contribution in [0.4, 0.5) is 0 Å². The Balaban J connectivity index is 2.08. The van der Waals surface area contributed by atoms with Crippen molar-refractivity contribution in [2.24, 2.45) is 0 Å². The molecule has 0 radical (unpaired) electrons. The number of hydrogen-bond donors (Lipinski definition) is 2. The Bertz CT molecular complexity index is 546. The second-order valence-electron chi connectivity index (χ2n) is 4.38. The molecule has 2 unspecified atom stereocenters. The topological polar surface area (TPSA) is 88.3 Å². The summed E-state index contributed by atoms with van der Waals surface area (Å²) in [6.07, 6.45) is 3.62. The summed E-state index contributed by atoms with van der Waals surface area (Å²) in [6, 6.07) is 2.39. The average Bonchev–Trinajstić information content (AvgIpc) is 2.76. The molecular formula is C11H16N2O4S. The minimum atomic E-state index is -3.57. The first-order valence-corrected chi connectivity index (χ1v) is 7.23. The van der Waals surface area contributed by atoms with E-state index >= 15 is 0 Å². The van der Waals surface area contributed by atoms with Crippen LogP contribution in [-0.4, -0.2) is 32.7 Å². The molecule has 1 fully saturated rings. The minimum absolute atomic E-state index is 0.0722. The fourth-order valence-electron chi connectivity index (χ4n) is 2.11. The first kappa shape index (κ1) is 13.3. The van der Waals surface area contributed by atoms with Crippen LogP contribution in [0.25, 0.3) is 0 Å². The lowest BCUT2D eigenvalue weighted by Gasteiger charge is -2.13. The zero-order valence-electron chi connectivity index (χ0n) is 10.0. The Morgan fingerprint density at radius 1 is 1.39 bits per heavy atom. The van der Waals surface area contributed by atoms with Crippen molar-refractivity contribution in [3.05, 3.63) is 28.7 Å². The third-order valence-corrected chi connectivity index (χ3v) is 4.62. The molecular weight excluding hydrogens is 256 g/mol. The Morgan fingerprint density at radius 3 is 2.72 bits per heavy atom. The normalized spacial score (nSPS) is 24.3. The van der Waals surface area contributed by atoms with Crippen LogP contribution in [0.2, 0.25) is 0 Å². The summed E-state index contributed by atoms with van der Waals surface area (Å²) in [7, 11) is -1.94. The molecule has 0 aliphatic heterocycles. The number of nitrogens with one attached hydrogen (secondary N) is 2. The molecule has 0 amide bonds. The number of aromatic nitrogens is 1. The second-order valence-corrected chi connectivity index (χ2v) is 6.09. The van der Waals surface area contributed by atoms with Crippen molar-refractivity contribution in [3.8, 4) is 0 Å². The van der Waals surface area contributed by atoms with Gasteiger partial charge in [-0.3, -0.25) is 4.79 Å². The number of aromatic amines is 1. The fourth-order valence-corrected chi connectivity index (χ4v) is 3.36. The highest BCUT2D eigenvalue weighted by Crippen LogP contribution is 2.22. The Hall–Kier alpha value is -1.18. The van der Waals surface area contributed by atoms with Gasteiger partial charge < -0.3 is 9.72 Å². The molecule has 0 saturated heterocycles. The van der Waals surface area contributed by atoms with Crippen LogP contribution in [0.5, 0.6) is 0 Å². The van der Waals surface area contributed by atoms with E-state index in [0.29, 0.717) is 6.42 Å². The van der Waals surface area contributed by atoms with Gasteiger partial charge in [-0.15, -0.1) is 0 Å². The lowest BCUT2D eigenvalue weighted by atomic mass is 10.3. The third kappa shape index (κ3) is 2.98. The van der Waals surface area contributed by atoms with Crippen molar-refractivity contribution in [3.63, 3.8) is 0 Å². The Labute approximate surface area is 105 Å². The van der Waals surface area contributed by atoms with Crippen LogP contribution in [0.1, 0.15) is 19.3 Å². The molecule has 1 heterocycles. The quantitative estimate of drug-likeness (QED) is 0.820. The van der Waals surface area contributed by atoms with E-state index in [9.17, 15) is 13.2 Å². The van der Waals surface area contributed by atoms with Gasteiger partial charge in [0.05, 0.1) is 11.0 Å². The summed E-state index contributed by atoms with van der Waals surface area (Å²) < 4.78 is 31.9. The molecule has 1 saturated carbocycles. The first-order valence-electron chi connectivity index (χ1n) is 5.75. The van der Waals surface area contributed by atoms with Crippen LogP contribution < -0.4 is 10.3 Å². The highest BCUT2D eigenvalue weighted by atomic mass is 32.2. The number of pyridine rings is 1. The predicted molar refractivity (Wildman–Crippen MR) is 65.8 cm³/mol. The second kappa shape index (κ2) is 5.21. The first-order chi connectivity index (χ1) is 8.51. The van der Waals surface area contributed by atoms with Crippen molar-refractivity contribution >= 4 is 10.0 Å². The summed E-state index contributed by atoms with van der Waals surface area (Å²) in [6.45, 7) is 0. The number of rotatable bonds is 4. The van der Waals surface area contributed by atoms with E-state index in [0.717, 1.165) is 12.8 Å². The van der Waals surface area contributed by atoms with Crippen LogP contribution >= 0.6 is 0 Å². The number of methoxy groups -OCH3 is 1. The molecule has 1 aromatic rings. The van der Waals surface area contributed by atoms with Crippen LogP contribution in [-0.2, 0) is 14.8 Å². The van der Waals surface area contributed by atoms with E-state index < -0.39 is 10.0 Å². The summed E-state index contributed by atoms with van der Waals surface area (Å²) in [4.78, 5) is 13.3. The largest absolute Gasteiger partial charge is 0.381 e.